The first-order valence-corrected chi connectivity index (χ1v) is 4.02. The number of hydrogen-bond donors (Lipinski definition) is 1. The van der Waals surface area contributed by atoms with Crippen molar-refractivity contribution in [3.05, 3.63) is 0 Å². The van der Waals surface area contributed by atoms with Gasteiger partial charge in [0.15, 0.2) is 5.79 Å². The Morgan fingerprint density at radius 1 is 1.64 bits per heavy atom. The Bertz CT molecular complexity index is 198. The number of hydrogen-bond acceptors (Lipinski definition) is 3. The average Bonchev–Trinajstić information content (AvgIpc) is 1.83. The van der Waals surface area contributed by atoms with E-state index in [-0.39, 0.29) is 17.8 Å². The largest absolute Gasteiger partial charge is 0.365 e. The zero-order valence-corrected chi connectivity index (χ0v) is 6.54. The summed E-state index contributed by atoms with van der Waals surface area (Å²) < 4.78 is 5.28. The van der Waals surface area contributed by atoms with Gasteiger partial charge in [0.25, 0.3) is 0 Å². The fraction of sp³-hybridized carbons (Fsp3) is 0.875. The molecule has 3 rings (SSSR count). The number of carbonyl (C=O) groups excluding carboxylic acids is 1. The molecule has 0 aromatic carbocycles. The van der Waals surface area contributed by atoms with Gasteiger partial charge in [-0.05, 0) is 19.8 Å². The maximum Gasteiger partial charge on any atom is 0.172 e. The molecule has 0 aromatic heterocycles. The molecule has 3 fully saturated rings. The second-order valence-corrected chi connectivity index (χ2v) is 3.59. The van der Waals surface area contributed by atoms with E-state index in [1.54, 1.807) is 6.92 Å². The van der Waals surface area contributed by atoms with Crippen LogP contribution >= 0.6 is 0 Å². The SMILES string of the molecule is CC1(O)OC2CCC1C(=O)C2. The number of Topliss-reactive ketones (excluding diaryl/α,β-unsaturated/α-hetero) is 1. The summed E-state index contributed by atoms with van der Waals surface area (Å²) in [6, 6.07) is 0. The lowest BCUT2D eigenvalue weighted by atomic mass is 9.78. The number of ether oxygens (including phenoxy) is 1. The summed E-state index contributed by atoms with van der Waals surface area (Å²) in [6.45, 7) is 1.58. The van der Waals surface area contributed by atoms with Gasteiger partial charge in [0, 0.05) is 6.42 Å². The van der Waals surface area contributed by atoms with Crippen molar-refractivity contribution in [2.24, 2.45) is 5.92 Å². The Labute approximate surface area is 65.4 Å². The predicted molar refractivity (Wildman–Crippen MR) is 37.8 cm³/mol. The standard InChI is InChI=1S/C8H12O3/c1-8(10)6-3-2-5(11-8)4-7(6)9/h5-6,10H,2-4H2,1H3. The smallest absolute Gasteiger partial charge is 0.172 e. The third-order valence-corrected chi connectivity index (χ3v) is 2.65. The average molecular weight is 156 g/mol. The van der Waals surface area contributed by atoms with E-state index in [0.717, 1.165) is 12.8 Å². The zero-order chi connectivity index (χ0) is 8.06. The minimum Gasteiger partial charge on any atom is -0.365 e. The number of aliphatic hydroxyl groups is 1. The Morgan fingerprint density at radius 2 is 2.36 bits per heavy atom. The number of ketones is 1. The van der Waals surface area contributed by atoms with Gasteiger partial charge >= 0.3 is 0 Å². The molecule has 3 nitrogen and oxygen atoms in total. The molecule has 1 aliphatic carbocycles. The molecule has 2 heterocycles. The molecule has 3 unspecified atom stereocenters. The highest BCUT2D eigenvalue weighted by Gasteiger charge is 2.49. The van der Waals surface area contributed by atoms with Gasteiger partial charge in [-0.3, -0.25) is 4.79 Å². The third-order valence-electron chi connectivity index (χ3n) is 2.65. The van der Waals surface area contributed by atoms with Crippen molar-refractivity contribution in [3.8, 4) is 0 Å². The molecule has 62 valence electrons. The highest BCUT2D eigenvalue weighted by Crippen LogP contribution is 2.39. The Kier molecular flexibility index (Phi) is 1.35. The van der Waals surface area contributed by atoms with Gasteiger partial charge in [0.05, 0.1) is 12.0 Å². The van der Waals surface area contributed by atoms with E-state index in [4.69, 9.17) is 4.74 Å². The summed E-state index contributed by atoms with van der Waals surface area (Å²) in [5.41, 5.74) is 0. The lowest BCUT2D eigenvalue weighted by Gasteiger charge is -2.45. The van der Waals surface area contributed by atoms with Crippen LogP contribution in [0.3, 0.4) is 0 Å². The molecule has 2 bridgehead atoms. The molecule has 0 spiro atoms. The van der Waals surface area contributed by atoms with E-state index < -0.39 is 5.79 Å². The van der Waals surface area contributed by atoms with Crippen molar-refractivity contribution in [1.82, 2.24) is 0 Å². The lowest BCUT2D eigenvalue weighted by molar-refractivity contribution is -0.281. The summed E-state index contributed by atoms with van der Waals surface area (Å²) in [6.07, 6.45) is 2.19. The lowest BCUT2D eigenvalue weighted by Crippen LogP contribution is -2.54. The fourth-order valence-electron chi connectivity index (χ4n) is 2.07. The third kappa shape index (κ3) is 0.993. The minimum atomic E-state index is -1.18. The molecule has 3 aliphatic rings. The molecule has 0 radical (unpaired) electrons. The first-order chi connectivity index (χ1) is 5.09. The molecule has 11 heavy (non-hydrogen) atoms. The summed E-state index contributed by atoms with van der Waals surface area (Å²) in [5.74, 6) is -1.29. The molecule has 3 atom stereocenters. The van der Waals surface area contributed by atoms with Crippen LogP contribution in [0.1, 0.15) is 26.2 Å². The van der Waals surface area contributed by atoms with E-state index in [9.17, 15) is 9.90 Å². The highest BCUT2D eigenvalue weighted by molar-refractivity contribution is 5.83. The van der Waals surface area contributed by atoms with Crippen molar-refractivity contribution in [1.29, 1.82) is 0 Å². The van der Waals surface area contributed by atoms with E-state index in [1.807, 2.05) is 0 Å². The molecule has 1 N–H and O–H groups in total. The van der Waals surface area contributed by atoms with Crippen LogP contribution in [0.25, 0.3) is 0 Å². The van der Waals surface area contributed by atoms with Crippen molar-refractivity contribution in [3.63, 3.8) is 0 Å². The summed E-state index contributed by atoms with van der Waals surface area (Å²) in [7, 11) is 0. The van der Waals surface area contributed by atoms with Crippen LogP contribution < -0.4 is 0 Å². The summed E-state index contributed by atoms with van der Waals surface area (Å²) in [4.78, 5) is 11.2. The Hall–Kier alpha value is -0.410. The molecule has 0 aromatic rings. The highest BCUT2D eigenvalue weighted by atomic mass is 16.6. The number of fused-ring (bicyclic) bond motifs is 3. The molecular weight excluding hydrogens is 144 g/mol. The van der Waals surface area contributed by atoms with Gasteiger partial charge in [-0.2, -0.15) is 0 Å². The molecule has 1 saturated carbocycles. The van der Waals surface area contributed by atoms with Crippen molar-refractivity contribution >= 4 is 5.78 Å². The van der Waals surface area contributed by atoms with Gasteiger partial charge in [-0.1, -0.05) is 0 Å². The second-order valence-electron chi connectivity index (χ2n) is 3.59. The monoisotopic (exact) mass is 156 g/mol. The number of carbonyl (C=O) groups is 1. The van der Waals surface area contributed by atoms with Crippen LogP contribution in [-0.2, 0) is 9.53 Å². The van der Waals surface area contributed by atoms with Gasteiger partial charge < -0.3 is 9.84 Å². The van der Waals surface area contributed by atoms with Gasteiger partial charge in [0.1, 0.15) is 5.78 Å². The van der Waals surface area contributed by atoms with Gasteiger partial charge in [0.2, 0.25) is 0 Å². The Morgan fingerprint density at radius 3 is 2.73 bits per heavy atom. The predicted octanol–water partition coefficient (Wildman–Crippen LogP) is 0.463. The van der Waals surface area contributed by atoms with Crippen molar-refractivity contribution in [2.45, 2.75) is 38.1 Å². The van der Waals surface area contributed by atoms with Crippen molar-refractivity contribution < 1.29 is 14.6 Å². The molecule has 2 saturated heterocycles. The quantitative estimate of drug-likeness (QED) is 0.554. The summed E-state index contributed by atoms with van der Waals surface area (Å²) >= 11 is 0. The van der Waals surface area contributed by atoms with E-state index in [0.29, 0.717) is 6.42 Å². The fourth-order valence-corrected chi connectivity index (χ4v) is 2.07. The molecule has 3 heteroatoms. The van der Waals surface area contributed by atoms with Crippen LogP contribution in [0.15, 0.2) is 0 Å². The van der Waals surface area contributed by atoms with E-state index >= 15 is 0 Å². The van der Waals surface area contributed by atoms with E-state index in [2.05, 4.69) is 0 Å². The summed E-state index contributed by atoms with van der Waals surface area (Å²) in [5, 5.41) is 9.59. The normalized spacial score (nSPS) is 49.8. The maximum atomic E-state index is 11.2. The molecule has 2 aliphatic heterocycles. The van der Waals surface area contributed by atoms with Crippen LogP contribution in [0.2, 0.25) is 0 Å². The van der Waals surface area contributed by atoms with Crippen LogP contribution in [0, 0.1) is 5.92 Å². The molecule has 0 amide bonds. The zero-order valence-electron chi connectivity index (χ0n) is 6.54. The first kappa shape index (κ1) is 7.25. The van der Waals surface area contributed by atoms with E-state index in [1.165, 1.54) is 0 Å². The van der Waals surface area contributed by atoms with Crippen LogP contribution in [-0.4, -0.2) is 22.8 Å². The first-order valence-electron chi connectivity index (χ1n) is 4.02. The van der Waals surface area contributed by atoms with Gasteiger partial charge in [-0.25, -0.2) is 0 Å². The van der Waals surface area contributed by atoms with Crippen LogP contribution in [0.4, 0.5) is 0 Å². The topological polar surface area (TPSA) is 46.5 Å². The maximum absolute atomic E-state index is 11.2. The number of rotatable bonds is 0. The van der Waals surface area contributed by atoms with Crippen molar-refractivity contribution in [2.75, 3.05) is 0 Å². The van der Waals surface area contributed by atoms with Crippen LogP contribution in [0.5, 0.6) is 0 Å². The van der Waals surface area contributed by atoms with Gasteiger partial charge in [-0.15, -0.1) is 0 Å². The second kappa shape index (κ2) is 2.05. The Balaban J connectivity index is 2.26. The minimum absolute atomic E-state index is 0.0255. The molecular formula is C8H12O3.